The van der Waals surface area contributed by atoms with E-state index in [-0.39, 0.29) is 0 Å². The molecular formula is C16H15N3O. The minimum atomic E-state index is 0.782. The van der Waals surface area contributed by atoms with Crippen LogP contribution in [0.4, 0.5) is 17.1 Å². The van der Waals surface area contributed by atoms with Gasteiger partial charge in [-0.25, -0.2) is 0 Å². The van der Waals surface area contributed by atoms with Gasteiger partial charge in [0, 0.05) is 31.2 Å². The second-order valence-electron chi connectivity index (χ2n) is 4.75. The fourth-order valence-corrected chi connectivity index (χ4v) is 1.94. The highest BCUT2D eigenvalue weighted by molar-refractivity contribution is 5.80. The smallest absolute Gasteiger partial charge is 0.136 e. The summed E-state index contributed by atoms with van der Waals surface area (Å²) in [5, 5.41) is 9.53. The van der Waals surface area contributed by atoms with Gasteiger partial charge in [-0.3, -0.25) is 0 Å². The first-order valence-electron chi connectivity index (χ1n) is 6.39. The van der Waals surface area contributed by atoms with Gasteiger partial charge >= 0.3 is 0 Å². The van der Waals surface area contributed by atoms with Crippen LogP contribution in [0.15, 0.2) is 69.4 Å². The van der Waals surface area contributed by atoms with Crippen LogP contribution in [-0.4, -0.2) is 14.1 Å². The van der Waals surface area contributed by atoms with Gasteiger partial charge in [0.2, 0.25) is 0 Å². The van der Waals surface area contributed by atoms with Crippen molar-refractivity contribution in [3.63, 3.8) is 0 Å². The van der Waals surface area contributed by atoms with Crippen LogP contribution in [0.1, 0.15) is 0 Å². The average Bonchev–Trinajstić information content (AvgIpc) is 2.93. The molecule has 0 aliphatic heterocycles. The second kappa shape index (κ2) is 5.17. The largest absolute Gasteiger partial charge is 0.464 e. The molecule has 100 valence electrons. The fourth-order valence-electron chi connectivity index (χ4n) is 1.94. The lowest BCUT2D eigenvalue weighted by Crippen LogP contribution is -2.07. The lowest BCUT2D eigenvalue weighted by Gasteiger charge is -2.11. The Balaban J connectivity index is 1.82. The molecule has 0 fully saturated rings. The highest BCUT2D eigenvalue weighted by Gasteiger charge is 1.98. The number of hydrogen-bond acceptors (Lipinski definition) is 4. The van der Waals surface area contributed by atoms with Gasteiger partial charge in [-0.05, 0) is 42.5 Å². The molecule has 0 atom stereocenters. The molecule has 0 N–H and O–H groups in total. The van der Waals surface area contributed by atoms with Crippen LogP contribution in [0.2, 0.25) is 0 Å². The number of fused-ring (bicyclic) bond motifs is 1. The molecule has 1 aromatic heterocycles. The summed E-state index contributed by atoms with van der Waals surface area (Å²) in [5.74, 6) is 0. The van der Waals surface area contributed by atoms with E-state index in [0.717, 1.165) is 28.0 Å². The van der Waals surface area contributed by atoms with E-state index in [4.69, 9.17) is 4.42 Å². The maximum absolute atomic E-state index is 5.35. The van der Waals surface area contributed by atoms with Crippen LogP contribution in [0.25, 0.3) is 11.0 Å². The van der Waals surface area contributed by atoms with Gasteiger partial charge in [-0.2, -0.15) is 10.2 Å². The van der Waals surface area contributed by atoms with E-state index < -0.39 is 0 Å². The first kappa shape index (κ1) is 12.4. The maximum Gasteiger partial charge on any atom is 0.136 e. The summed E-state index contributed by atoms with van der Waals surface area (Å²) >= 11 is 0. The van der Waals surface area contributed by atoms with Crippen molar-refractivity contribution in [3.05, 3.63) is 54.8 Å². The SMILES string of the molecule is CN(C)c1ccc(N=Nc2ccc3ccoc3c2)cc1. The van der Waals surface area contributed by atoms with Crippen LogP contribution in [0, 0.1) is 0 Å². The maximum atomic E-state index is 5.35. The molecule has 0 bridgehead atoms. The number of benzene rings is 2. The molecule has 0 unspecified atom stereocenters. The van der Waals surface area contributed by atoms with Gasteiger partial charge in [-0.1, -0.05) is 0 Å². The first-order valence-corrected chi connectivity index (χ1v) is 6.39. The standard InChI is InChI=1S/C16H15N3O/c1-19(2)15-7-5-13(6-8-15)17-18-14-4-3-12-9-10-20-16(12)11-14/h3-11H,1-2H3. The van der Waals surface area contributed by atoms with E-state index in [2.05, 4.69) is 10.2 Å². The number of azo groups is 1. The van der Waals surface area contributed by atoms with Crippen molar-refractivity contribution in [2.24, 2.45) is 10.2 Å². The van der Waals surface area contributed by atoms with Crippen molar-refractivity contribution in [3.8, 4) is 0 Å². The second-order valence-corrected chi connectivity index (χ2v) is 4.75. The van der Waals surface area contributed by atoms with Crippen molar-refractivity contribution < 1.29 is 4.42 Å². The minimum Gasteiger partial charge on any atom is -0.464 e. The lowest BCUT2D eigenvalue weighted by atomic mass is 10.2. The highest BCUT2D eigenvalue weighted by atomic mass is 16.3. The van der Waals surface area contributed by atoms with Crippen LogP contribution in [0.5, 0.6) is 0 Å². The Hall–Kier alpha value is -2.62. The van der Waals surface area contributed by atoms with Gasteiger partial charge in [0.15, 0.2) is 0 Å². The third-order valence-electron chi connectivity index (χ3n) is 3.09. The molecule has 20 heavy (non-hydrogen) atoms. The number of rotatable bonds is 3. The fraction of sp³-hybridized carbons (Fsp3) is 0.125. The molecular weight excluding hydrogens is 250 g/mol. The Morgan fingerprint density at radius 2 is 1.55 bits per heavy atom. The molecule has 4 heteroatoms. The molecule has 3 aromatic rings. The van der Waals surface area contributed by atoms with Crippen molar-refractivity contribution in [2.45, 2.75) is 0 Å². The van der Waals surface area contributed by atoms with Gasteiger partial charge in [0.25, 0.3) is 0 Å². The summed E-state index contributed by atoms with van der Waals surface area (Å²) in [5.41, 5.74) is 3.57. The third-order valence-corrected chi connectivity index (χ3v) is 3.09. The average molecular weight is 265 g/mol. The molecule has 4 nitrogen and oxygen atoms in total. The Bertz CT molecular complexity index is 742. The molecule has 0 saturated carbocycles. The molecule has 3 rings (SSSR count). The van der Waals surface area contributed by atoms with Crippen molar-refractivity contribution in [1.82, 2.24) is 0 Å². The van der Waals surface area contributed by atoms with E-state index in [0.29, 0.717) is 0 Å². The van der Waals surface area contributed by atoms with E-state index in [1.54, 1.807) is 6.26 Å². The number of anilines is 1. The molecule has 0 aliphatic rings. The highest BCUT2D eigenvalue weighted by Crippen LogP contribution is 2.24. The van der Waals surface area contributed by atoms with Crippen LogP contribution in [0.3, 0.4) is 0 Å². The monoisotopic (exact) mass is 265 g/mol. The van der Waals surface area contributed by atoms with E-state index >= 15 is 0 Å². The van der Waals surface area contributed by atoms with Crippen LogP contribution in [-0.2, 0) is 0 Å². The molecule has 0 radical (unpaired) electrons. The summed E-state index contributed by atoms with van der Waals surface area (Å²) < 4.78 is 5.35. The van der Waals surface area contributed by atoms with Crippen LogP contribution < -0.4 is 4.90 Å². The normalized spacial score (nSPS) is 11.3. The zero-order chi connectivity index (χ0) is 13.9. The lowest BCUT2D eigenvalue weighted by molar-refractivity contribution is 0.616. The summed E-state index contributed by atoms with van der Waals surface area (Å²) in [4.78, 5) is 2.05. The Morgan fingerprint density at radius 3 is 2.30 bits per heavy atom. The number of hydrogen-bond donors (Lipinski definition) is 0. The molecule has 0 aliphatic carbocycles. The molecule has 1 heterocycles. The summed E-state index contributed by atoms with van der Waals surface area (Å²) in [6.07, 6.45) is 1.67. The zero-order valence-corrected chi connectivity index (χ0v) is 11.4. The van der Waals surface area contributed by atoms with Gasteiger partial charge in [0.1, 0.15) is 5.58 Å². The number of nitrogens with zero attached hydrogens (tertiary/aromatic N) is 3. The zero-order valence-electron chi connectivity index (χ0n) is 11.4. The van der Waals surface area contributed by atoms with Crippen molar-refractivity contribution in [2.75, 3.05) is 19.0 Å². The quantitative estimate of drug-likeness (QED) is 0.631. The topological polar surface area (TPSA) is 41.1 Å². The number of furan rings is 1. The van der Waals surface area contributed by atoms with E-state index in [1.165, 1.54) is 0 Å². The minimum absolute atomic E-state index is 0.782. The summed E-state index contributed by atoms with van der Waals surface area (Å²) in [6, 6.07) is 15.6. The van der Waals surface area contributed by atoms with E-state index in [9.17, 15) is 0 Å². The molecule has 0 saturated heterocycles. The van der Waals surface area contributed by atoms with Crippen molar-refractivity contribution >= 4 is 28.0 Å². The summed E-state index contributed by atoms with van der Waals surface area (Å²) in [7, 11) is 4.02. The van der Waals surface area contributed by atoms with Gasteiger partial charge in [-0.15, -0.1) is 0 Å². The first-order chi connectivity index (χ1) is 9.72. The molecule has 2 aromatic carbocycles. The summed E-state index contributed by atoms with van der Waals surface area (Å²) in [6.45, 7) is 0. The Morgan fingerprint density at radius 1 is 0.850 bits per heavy atom. The molecule has 0 amide bonds. The molecule has 0 spiro atoms. The van der Waals surface area contributed by atoms with Crippen molar-refractivity contribution in [1.29, 1.82) is 0 Å². The third kappa shape index (κ3) is 2.54. The van der Waals surface area contributed by atoms with Gasteiger partial charge < -0.3 is 9.32 Å². The Kier molecular flexibility index (Phi) is 3.21. The van der Waals surface area contributed by atoms with Crippen LogP contribution >= 0.6 is 0 Å². The predicted molar refractivity (Wildman–Crippen MR) is 81.2 cm³/mol. The van der Waals surface area contributed by atoms with Gasteiger partial charge in [0.05, 0.1) is 17.6 Å². The van der Waals surface area contributed by atoms with E-state index in [1.807, 2.05) is 67.5 Å². The predicted octanol–water partition coefficient (Wildman–Crippen LogP) is 4.91. The Labute approximate surface area is 117 Å².